The summed E-state index contributed by atoms with van der Waals surface area (Å²) in [5.74, 6) is 0.707. The van der Waals surface area contributed by atoms with Crippen molar-refractivity contribution in [2.75, 3.05) is 18.4 Å². The van der Waals surface area contributed by atoms with Crippen LogP contribution in [0.25, 0.3) is 0 Å². The smallest absolute Gasteiger partial charge is 0.321 e. The highest BCUT2D eigenvalue weighted by Crippen LogP contribution is 2.23. The monoisotopic (exact) mass is 324 g/mol. The van der Waals surface area contributed by atoms with Gasteiger partial charge >= 0.3 is 6.03 Å². The summed E-state index contributed by atoms with van der Waals surface area (Å²) in [6.45, 7) is 3.49. The first-order valence-electron chi connectivity index (χ1n) is 8.60. The fraction of sp³-hybridized carbons (Fsp3) is 0.421. The van der Waals surface area contributed by atoms with Gasteiger partial charge in [0.15, 0.2) is 0 Å². The Balaban J connectivity index is 1.44. The Bertz CT molecular complexity index is 666. The fourth-order valence-electron chi connectivity index (χ4n) is 3.17. The van der Waals surface area contributed by atoms with Crippen LogP contribution in [0.2, 0.25) is 0 Å². The molecule has 24 heavy (non-hydrogen) atoms. The second-order valence-corrected chi connectivity index (χ2v) is 6.42. The second-order valence-electron chi connectivity index (χ2n) is 6.42. The van der Waals surface area contributed by atoms with Crippen molar-refractivity contribution in [3.8, 4) is 0 Å². The van der Waals surface area contributed by atoms with Crippen LogP contribution in [0.5, 0.6) is 0 Å². The molecular weight excluding hydrogens is 300 g/mol. The minimum absolute atomic E-state index is 0.0346. The number of likely N-dealkylation sites (tertiary alicyclic amines) is 1. The number of piperidine rings is 1. The van der Waals surface area contributed by atoms with E-state index in [2.05, 4.69) is 45.8 Å². The summed E-state index contributed by atoms with van der Waals surface area (Å²) < 4.78 is 0. The summed E-state index contributed by atoms with van der Waals surface area (Å²) in [6, 6.07) is 12.4. The van der Waals surface area contributed by atoms with Crippen LogP contribution in [0.3, 0.4) is 0 Å². The first kappa shape index (κ1) is 16.4. The van der Waals surface area contributed by atoms with E-state index < -0.39 is 0 Å². The van der Waals surface area contributed by atoms with Gasteiger partial charge < -0.3 is 10.2 Å². The highest BCUT2D eigenvalue weighted by atomic mass is 16.2. The third kappa shape index (κ3) is 4.31. The molecule has 2 heterocycles. The fourth-order valence-corrected chi connectivity index (χ4v) is 3.17. The largest absolute Gasteiger partial charge is 0.325 e. The average Bonchev–Trinajstić information content (AvgIpc) is 2.63. The Morgan fingerprint density at radius 1 is 1.21 bits per heavy atom. The summed E-state index contributed by atoms with van der Waals surface area (Å²) in [7, 11) is 0. The number of nitrogens with zero attached hydrogens (tertiary/aromatic N) is 3. The summed E-state index contributed by atoms with van der Waals surface area (Å²) in [4.78, 5) is 14.3. The van der Waals surface area contributed by atoms with Crippen LogP contribution < -0.4 is 5.32 Å². The molecule has 2 amide bonds. The number of hydrogen-bond donors (Lipinski definition) is 1. The highest BCUT2D eigenvalue weighted by molar-refractivity contribution is 5.89. The number of aryl methyl sites for hydroxylation is 2. The average molecular weight is 324 g/mol. The molecule has 1 aliphatic rings. The topological polar surface area (TPSA) is 58.1 Å². The molecular formula is C19H24N4O. The molecule has 3 rings (SSSR count). The van der Waals surface area contributed by atoms with Crippen LogP contribution in [0.1, 0.15) is 30.5 Å². The SMILES string of the molecule is Cc1nnccc1NC(=O)N1CCC(CCc2ccccc2)CC1. The van der Waals surface area contributed by atoms with Crippen molar-refractivity contribution in [1.29, 1.82) is 0 Å². The van der Waals surface area contributed by atoms with Crippen LogP contribution in [0.4, 0.5) is 10.5 Å². The van der Waals surface area contributed by atoms with Gasteiger partial charge in [0.05, 0.1) is 17.6 Å². The van der Waals surface area contributed by atoms with Crippen molar-refractivity contribution in [3.63, 3.8) is 0 Å². The van der Waals surface area contributed by atoms with Gasteiger partial charge in [-0.05, 0) is 50.2 Å². The van der Waals surface area contributed by atoms with Gasteiger partial charge in [0.1, 0.15) is 0 Å². The molecule has 1 aliphatic heterocycles. The van der Waals surface area contributed by atoms with Crippen LogP contribution in [0.15, 0.2) is 42.6 Å². The zero-order chi connectivity index (χ0) is 16.8. The molecule has 126 valence electrons. The summed E-state index contributed by atoms with van der Waals surface area (Å²) in [6.07, 6.45) is 6.08. The predicted molar refractivity (Wildman–Crippen MR) is 94.8 cm³/mol. The Labute approximate surface area is 143 Å². The number of aromatic nitrogens is 2. The van der Waals surface area contributed by atoms with Crippen LogP contribution in [-0.2, 0) is 6.42 Å². The number of carbonyl (C=O) groups excluding carboxylic acids is 1. The zero-order valence-electron chi connectivity index (χ0n) is 14.1. The number of rotatable bonds is 4. The molecule has 0 spiro atoms. The molecule has 5 heteroatoms. The third-order valence-electron chi connectivity index (χ3n) is 4.73. The lowest BCUT2D eigenvalue weighted by Crippen LogP contribution is -2.41. The standard InChI is InChI=1S/C19H24N4O/c1-15-18(9-12-20-22-15)21-19(24)23-13-10-17(11-14-23)8-7-16-5-3-2-4-6-16/h2-6,9,12,17H,7-8,10-11,13-14H2,1H3,(H,20,21,24). The van der Waals surface area contributed by atoms with Gasteiger partial charge in [-0.15, -0.1) is 0 Å². The quantitative estimate of drug-likeness (QED) is 0.933. The van der Waals surface area contributed by atoms with Gasteiger partial charge in [-0.1, -0.05) is 30.3 Å². The summed E-state index contributed by atoms with van der Waals surface area (Å²) in [5.41, 5.74) is 2.88. The van der Waals surface area contributed by atoms with E-state index in [-0.39, 0.29) is 6.03 Å². The van der Waals surface area contributed by atoms with Crippen molar-refractivity contribution in [1.82, 2.24) is 15.1 Å². The van der Waals surface area contributed by atoms with Gasteiger partial charge in [-0.25, -0.2) is 4.79 Å². The van der Waals surface area contributed by atoms with E-state index in [1.54, 1.807) is 12.3 Å². The first-order chi connectivity index (χ1) is 11.7. The number of amides is 2. The van der Waals surface area contributed by atoms with Crippen LogP contribution in [0, 0.1) is 12.8 Å². The lowest BCUT2D eigenvalue weighted by Gasteiger charge is -2.32. The van der Waals surface area contributed by atoms with Gasteiger partial charge in [0.25, 0.3) is 0 Å². The van der Waals surface area contributed by atoms with Crippen molar-refractivity contribution in [2.24, 2.45) is 5.92 Å². The number of anilines is 1. The summed E-state index contributed by atoms with van der Waals surface area (Å²) >= 11 is 0. The molecule has 0 atom stereocenters. The minimum atomic E-state index is -0.0346. The molecule has 2 aromatic rings. The van der Waals surface area contributed by atoms with Crippen LogP contribution >= 0.6 is 0 Å². The minimum Gasteiger partial charge on any atom is -0.325 e. The molecule has 0 unspecified atom stereocenters. The van der Waals surface area contributed by atoms with E-state index in [4.69, 9.17) is 0 Å². The van der Waals surface area contributed by atoms with Crippen molar-refractivity contribution >= 4 is 11.7 Å². The maximum atomic E-state index is 12.4. The Kier molecular flexibility index (Phi) is 5.41. The van der Waals surface area contributed by atoms with Crippen molar-refractivity contribution < 1.29 is 4.79 Å². The van der Waals surface area contributed by atoms with E-state index in [9.17, 15) is 4.79 Å². The molecule has 1 aromatic heterocycles. The highest BCUT2D eigenvalue weighted by Gasteiger charge is 2.23. The molecule has 1 fully saturated rings. The number of hydrogen-bond acceptors (Lipinski definition) is 3. The molecule has 0 aliphatic carbocycles. The summed E-state index contributed by atoms with van der Waals surface area (Å²) in [5, 5.41) is 10.7. The maximum absolute atomic E-state index is 12.4. The van der Waals surface area contributed by atoms with E-state index in [1.165, 1.54) is 12.0 Å². The van der Waals surface area contributed by atoms with Gasteiger partial charge in [-0.3, -0.25) is 0 Å². The van der Waals surface area contributed by atoms with E-state index in [1.807, 2.05) is 11.8 Å². The predicted octanol–water partition coefficient (Wildman–Crippen LogP) is 3.66. The van der Waals surface area contributed by atoms with Gasteiger partial charge in [0, 0.05) is 13.1 Å². The Morgan fingerprint density at radius 2 is 1.96 bits per heavy atom. The normalized spacial score (nSPS) is 15.3. The molecule has 5 nitrogen and oxygen atoms in total. The lowest BCUT2D eigenvalue weighted by atomic mass is 9.90. The number of nitrogens with one attached hydrogen (secondary N) is 1. The molecule has 1 aromatic carbocycles. The lowest BCUT2D eigenvalue weighted by molar-refractivity contribution is 0.180. The van der Waals surface area contributed by atoms with E-state index >= 15 is 0 Å². The van der Waals surface area contributed by atoms with Gasteiger partial charge in [-0.2, -0.15) is 10.2 Å². The molecule has 0 bridgehead atoms. The molecule has 1 saturated heterocycles. The third-order valence-corrected chi connectivity index (χ3v) is 4.73. The Hall–Kier alpha value is -2.43. The van der Waals surface area contributed by atoms with E-state index in [0.29, 0.717) is 5.92 Å². The molecule has 1 N–H and O–H groups in total. The van der Waals surface area contributed by atoms with Crippen LogP contribution in [-0.4, -0.2) is 34.2 Å². The maximum Gasteiger partial charge on any atom is 0.321 e. The first-order valence-corrected chi connectivity index (χ1v) is 8.60. The number of carbonyl (C=O) groups is 1. The van der Waals surface area contributed by atoms with E-state index in [0.717, 1.165) is 43.7 Å². The number of benzene rings is 1. The Morgan fingerprint density at radius 3 is 2.67 bits per heavy atom. The van der Waals surface area contributed by atoms with Crippen molar-refractivity contribution in [2.45, 2.75) is 32.6 Å². The molecule has 0 saturated carbocycles. The van der Waals surface area contributed by atoms with Crippen molar-refractivity contribution in [3.05, 3.63) is 53.9 Å². The van der Waals surface area contributed by atoms with Gasteiger partial charge in [0.2, 0.25) is 0 Å². The molecule has 0 radical (unpaired) electrons. The zero-order valence-corrected chi connectivity index (χ0v) is 14.1. The number of urea groups is 1. The second kappa shape index (κ2) is 7.90.